The molecular formula is C14H27N3O. The van der Waals surface area contributed by atoms with E-state index in [-0.39, 0.29) is 5.54 Å². The highest BCUT2D eigenvalue weighted by atomic mass is 16.3. The third-order valence-electron chi connectivity index (χ3n) is 3.14. The fraction of sp³-hybridized carbons (Fsp3) is 0.786. The van der Waals surface area contributed by atoms with E-state index in [1.807, 2.05) is 11.6 Å². The smallest absolute Gasteiger partial charge is 0.0860 e. The van der Waals surface area contributed by atoms with Gasteiger partial charge in [-0.2, -0.15) is 5.10 Å². The van der Waals surface area contributed by atoms with Crippen molar-refractivity contribution in [3.05, 3.63) is 17.0 Å². The summed E-state index contributed by atoms with van der Waals surface area (Å²) in [6.45, 7) is 13.7. The van der Waals surface area contributed by atoms with Crippen molar-refractivity contribution in [2.24, 2.45) is 0 Å². The molecule has 0 bridgehead atoms. The highest BCUT2D eigenvalue weighted by molar-refractivity contribution is 5.24. The number of rotatable bonds is 5. The number of hydrogen-bond donors (Lipinski definition) is 2. The molecule has 0 saturated heterocycles. The van der Waals surface area contributed by atoms with Gasteiger partial charge in [0, 0.05) is 17.8 Å². The van der Waals surface area contributed by atoms with Gasteiger partial charge in [-0.25, -0.2) is 0 Å². The second kappa shape index (κ2) is 5.85. The molecule has 0 aliphatic carbocycles. The quantitative estimate of drug-likeness (QED) is 0.841. The Balaban J connectivity index is 2.62. The Kier molecular flexibility index (Phi) is 4.93. The average Bonchev–Trinajstić information content (AvgIpc) is 2.50. The van der Waals surface area contributed by atoms with Gasteiger partial charge in [-0.05, 0) is 46.6 Å². The van der Waals surface area contributed by atoms with Gasteiger partial charge in [0.15, 0.2) is 0 Å². The first-order valence-corrected chi connectivity index (χ1v) is 6.70. The molecule has 0 saturated carbocycles. The number of aliphatic hydroxyl groups is 1. The summed E-state index contributed by atoms with van der Waals surface area (Å²) in [6.07, 6.45) is 0.584. The number of nitrogens with zero attached hydrogens (tertiary/aromatic N) is 2. The van der Waals surface area contributed by atoms with Crippen LogP contribution in [0.25, 0.3) is 0 Å². The minimum atomic E-state index is -0.410. The number of β-amino-alcohol motifs (C(OH)–C–C–N with tert-alkyl or cyclic N) is 1. The Labute approximate surface area is 110 Å². The van der Waals surface area contributed by atoms with Crippen LogP contribution in [0.4, 0.5) is 0 Å². The third-order valence-corrected chi connectivity index (χ3v) is 3.14. The topological polar surface area (TPSA) is 50.1 Å². The Morgan fingerprint density at radius 1 is 1.33 bits per heavy atom. The molecule has 1 unspecified atom stereocenters. The lowest BCUT2D eigenvalue weighted by Crippen LogP contribution is -2.42. The van der Waals surface area contributed by atoms with E-state index in [1.165, 1.54) is 11.3 Å². The largest absolute Gasteiger partial charge is 0.390 e. The minimum absolute atomic E-state index is 0.0324. The number of aliphatic hydroxyl groups excluding tert-OH is 1. The van der Waals surface area contributed by atoms with Crippen molar-refractivity contribution in [2.75, 3.05) is 6.54 Å². The molecule has 1 heterocycles. The standard InChI is InChI=1S/C14H27N3O/c1-7-13-10(2)16-17(11(13)3)9-12(18)8-15-14(4,5)6/h12,15,18H,7-9H2,1-6H3. The molecule has 0 aliphatic heterocycles. The highest BCUT2D eigenvalue weighted by Gasteiger charge is 2.15. The van der Waals surface area contributed by atoms with Gasteiger partial charge in [-0.15, -0.1) is 0 Å². The molecule has 0 aromatic carbocycles. The first kappa shape index (κ1) is 15.2. The van der Waals surface area contributed by atoms with Gasteiger partial charge in [-0.3, -0.25) is 4.68 Å². The van der Waals surface area contributed by atoms with Crippen molar-refractivity contribution < 1.29 is 5.11 Å². The van der Waals surface area contributed by atoms with Crippen LogP contribution in [-0.2, 0) is 13.0 Å². The number of nitrogens with one attached hydrogen (secondary N) is 1. The molecule has 0 spiro atoms. The lowest BCUT2D eigenvalue weighted by atomic mass is 10.1. The summed E-state index contributed by atoms with van der Waals surface area (Å²) >= 11 is 0. The van der Waals surface area contributed by atoms with Crippen LogP contribution in [0, 0.1) is 13.8 Å². The maximum Gasteiger partial charge on any atom is 0.0860 e. The van der Waals surface area contributed by atoms with Crippen LogP contribution in [0.3, 0.4) is 0 Å². The number of hydrogen-bond acceptors (Lipinski definition) is 3. The van der Waals surface area contributed by atoms with E-state index in [1.54, 1.807) is 0 Å². The molecule has 4 heteroatoms. The van der Waals surface area contributed by atoms with Gasteiger partial charge in [0.05, 0.1) is 18.3 Å². The van der Waals surface area contributed by atoms with Crippen LogP contribution in [0.1, 0.15) is 44.6 Å². The first-order valence-electron chi connectivity index (χ1n) is 6.70. The van der Waals surface area contributed by atoms with Gasteiger partial charge in [0.2, 0.25) is 0 Å². The van der Waals surface area contributed by atoms with Crippen LogP contribution in [0.5, 0.6) is 0 Å². The van der Waals surface area contributed by atoms with Gasteiger partial charge < -0.3 is 10.4 Å². The van der Waals surface area contributed by atoms with Gasteiger partial charge in [0.25, 0.3) is 0 Å². The maximum absolute atomic E-state index is 10.0. The molecule has 0 aliphatic rings. The highest BCUT2D eigenvalue weighted by Crippen LogP contribution is 2.13. The summed E-state index contributed by atoms with van der Waals surface area (Å²) in [5.74, 6) is 0. The van der Waals surface area contributed by atoms with Gasteiger partial charge >= 0.3 is 0 Å². The van der Waals surface area contributed by atoms with Crippen LogP contribution in [-0.4, -0.2) is 33.1 Å². The van der Waals surface area contributed by atoms with Crippen LogP contribution < -0.4 is 5.32 Å². The van der Waals surface area contributed by atoms with Crippen LogP contribution in [0.2, 0.25) is 0 Å². The summed E-state index contributed by atoms with van der Waals surface area (Å²) in [6, 6.07) is 0. The molecule has 2 N–H and O–H groups in total. The molecule has 1 aromatic heterocycles. The Bertz CT molecular complexity index is 390. The molecule has 0 amide bonds. The van der Waals surface area contributed by atoms with Crippen molar-refractivity contribution in [3.8, 4) is 0 Å². The molecule has 1 aromatic rings. The first-order chi connectivity index (χ1) is 8.24. The fourth-order valence-corrected chi connectivity index (χ4v) is 2.11. The SMILES string of the molecule is CCc1c(C)nn(CC(O)CNC(C)(C)C)c1C. The normalized spacial score (nSPS) is 13.9. The fourth-order valence-electron chi connectivity index (χ4n) is 2.11. The zero-order valence-electron chi connectivity index (χ0n) is 12.5. The Morgan fingerprint density at radius 2 is 1.94 bits per heavy atom. The molecule has 18 heavy (non-hydrogen) atoms. The molecule has 1 atom stereocenters. The molecule has 0 radical (unpaired) electrons. The summed E-state index contributed by atoms with van der Waals surface area (Å²) in [4.78, 5) is 0. The zero-order chi connectivity index (χ0) is 13.9. The van der Waals surface area contributed by atoms with Crippen LogP contribution >= 0.6 is 0 Å². The Morgan fingerprint density at radius 3 is 2.39 bits per heavy atom. The van der Waals surface area contributed by atoms with E-state index < -0.39 is 6.10 Å². The summed E-state index contributed by atoms with van der Waals surface area (Å²) < 4.78 is 1.92. The third kappa shape index (κ3) is 4.10. The summed E-state index contributed by atoms with van der Waals surface area (Å²) in [5.41, 5.74) is 3.58. The molecule has 1 rings (SSSR count). The average molecular weight is 253 g/mol. The van der Waals surface area contributed by atoms with E-state index in [9.17, 15) is 5.11 Å². The second-order valence-corrected chi connectivity index (χ2v) is 5.97. The molecule has 0 fully saturated rings. The predicted octanol–water partition coefficient (Wildman–Crippen LogP) is 1.81. The second-order valence-electron chi connectivity index (χ2n) is 5.97. The summed E-state index contributed by atoms with van der Waals surface area (Å²) in [5, 5.41) is 17.8. The van der Waals surface area contributed by atoms with E-state index in [0.29, 0.717) is 13.1 Å². The lowest BCUT2D eigenvalue weighted by Gasteiger charge is -2.23. The van der Waals surface area contributed by atoms with E-state index in [4.69, 9.17) is 0 Å². The van der Waals surface area contributed by atoms with Crippen molar-refractivity contribution in [1.29, 1.82) is 0 Å². The zero-order valence-corrected chi connectivity index (χ0v) is 12.5. The van der Waals surface area contributed by atoms with Crippen molar-refractivity contribution in [3.63, 3.8) is 0 Å². The number of aromatic nitrogens is 2. The molecule has 4 nitrogen and oxygen atoms in total. The van der Waals surface area contributed by atoms with Crippen molar-refractivity contribution in [2.45, 2.75) is 66.2 Å². The van der Waals surface area contributed by atoms with Gasteiger partial charge in [-0.1, -0.05) is 6.92 Å². The molecule has 104 valence electrons. The lowest BCUT2D eigenvalue weighted by molar-refractivity contribution is 0.137. The van der Waals surface area contributed by atoms with E-state index >= 15 is 0 Å². The van der Waals surface area contributed by atoms with E-state index in [2.05, 4.69) is 45.0 Å². The van der Waals surface area contributed by atoms with E-state index in [0.717, 1.165) is 12.1 Å². The van der Waals surface area contributed by atoms with Gasteiger partial charge in [0.1, 0.15) is 0 Å². The van der Waals surface area contributed by atoms with Crippen molar-refractivity contribution in [1.82, 2.24) is 15.1 Å². The molecular weight excluding hydrogens is 226 g/mol. The minimum Gasteiger partial charge on any atom is -0.390 e. The predicted molar refractivity (Wildman–Crippen MR) is 74.8 cm³/mol. The monoisotopic (exact) mass is 253 g/mol. The maximum atomic E-state index is 10.0. The van der Waals surface area contributed by atoms with Crippen LogP contribution in [0.15, 0.2) is 0 Å². The number of aryl methyl sites for hydroxylation is 1. The summed E-state index contributed by atoms with van der Waals surface area (Å²) in [7, 11) is 0. The Hall–Kier alpha value is -0.870. The van der Waals surface area contributed by atoms with Crippen molar-refractivity contribution >= 4 is 0 Å².